The van der Waals surface area contributed by atoms with Crippen molar-refractivity contribution in [3.63, 3.8) is 0 Å². The maximum absolute atomic E-state index is 11.6. The quantitative estimate of drug-likeness (QED) is 0.402. The number of hydrogen-bond acceptors (Lipinski definition) is 1. The van der Waals surface area contributed by atoms with Gasteiger partial charge in [-0.25, -0.2) is 4.79 Å². The van der Waals surface area contributed by atoms with Crippen LogP contribution in [0, 0.1) is 0 Å². The highest BCUT2D eigenvalue weighted by Crippen LogP contribution is 2.37. The summed E-state index contributed by atoms with van der Waals surface area (Å²) in [4.78, 5) is 11.6. The van der Waals surface area contributed by atoms with Crippen LogP contribution in [0.5, 0.6) is 0 Å². The van der Waals surface area contributed by atoms with E-state index in [2.05, 4.69) is 41.0 Å². The number of nitrogens with zero attached hydrogens (tertiary/aromatic N) is 1. The molecule has 1 saturated carbocycles. The normalized spacial score (nSPS) is 14.8. The van der Waals surface area contributed by atoms with Crippen molar-refractivity contribution in [2.75, 3.05) is 0 Å². The lowest BCUT2D eigenvalue weighted by Crippen LogP contribution is -2.04. The Hall–Kier alpha value is -3.33. The molecule has 0 bridgehead atoms. The van der Waals surface area contributed by atoms with E-state index in [1.54, 1.807) is 12.1 Å². The zero-order valence-electron chi connectivity index (χ0n) is 16.9. The number of fused-ring (bicyclic) bond motifs is 1. The molecule has 1 N–H and O–H groups in total. The van der Waals surface area contributed by atoms with Crippen LogP contribution in [0.25, 0.3) is 27.8 Å². The second-order valence-electron chi connectivity index (χ2n) is 8.24. The van der Waals surface area contributed by atoms with E-state index in [9.17, 15) is 9.90 Å². The Labute approximate surface area is 176 Å². The van der Waals surface area contributed by atoms with Crippen LogP contribution in [0.1, 0.15) is 53.9 Å². The summed E-state index contributed by atoms with van der Waals surface area (Å²) >= 11 is 0. The first-order valence-electron chi connectivity index (χ1n) is 10.8. The van der Waals surface area contributed by atoms with Crippen molar-refractivity contribution in [3.8, 4) is 16.9 Å². The average molecular weight is 396 g/mol. The number of benzene rings is 3. The number of aromatic nitrogens is 1. The third-order valence-electron chi connectivity index (χ3n) is 6.32. The molecule has 0 unspecified atom stereocenters. The summed E-state index contributed by atoms with van der Waals surface area (Å²) in [5, 5.41) is 10.7. The highest BCUT2D eigenvalue weighted by Gasteiger charge is 2.18. The molecule has 30 heavy (non-hydrogen) atoms. The first kappa shape index (κ1) is 18.7. The Morgan fingerprint density at radius 2 is 1.63 bits per heavy atom. The molecule has 1 aliphatic carbocycles. The SMILES string of the molecule is O=C(O)c1cccc(-n2c(-c3ccccc3)cc3cc(C4CCCCC4)ccc32)c1. The summed E-state index contributed by atoms with van der Waals surface area (Å²) in [7, 11) is 0. The minimum Gasteiger partial charge on any atom is -0.478 e. The second kappa shape index (κ2) is 7.83. The zero-order valence-corrected chi connectivity index (χ0v) is 16.9. The minimum absolute atomic E-state index is 0.298. The van der Waals surface area contributed by atoms with Gasteiger partial charge in [-0.05, 0) is 66.3 Å². The van der Waals surface area contributed by atoms with Gasteiger partial charge in [-0.1, -0.05) is 61.7 Å². The lowest BCUT2D eigenvalue weighted by Gasteiger charge is -2.22. The van der Waals surface area contributed by atoms with Crippen LogP contribution in [0.3, 0.4) is 0 Å². The molecule has 150 valence electrons. The monoisotopic (exact) mass is 395 g/mol. The van der Waals surface area contributed by atoms with Crippen LogP contribution < -0.4 is 0 Å². The number of carbonyl (C=O) groups is 1. The molecule has 1 fully saturated rings. The minimum atomic E-state index is -0.908. The molecule has 0 atom stereocenters. The van der Waals surface area contributed by atoms with Crippen molar-refractivity contribution in [1.82, 2.24) is 4.57 Å². The molecule has 0 amide bonds. The van der Waals surface area contributed by atoms with Crippen molar-refractivity contribution in [2.45, 2.75) is 38.0 Å². The van der Waals surface area contributed by atoms with Crippen LogP contribution >= 0.6 is 0 Å². The molecule has 3 nitrogen and oxygen atoms in total. The van der Waals surface area contributed by atoms with Crippen LogP contribution in [0.2, 0.25) is 0 Å². The summed E-state index contributed by atoms with van der Waals surface area (Å²) in [6.45, 7) is 0. The number of carboxylic acid groups (broad SMARTS) is 1. The van der Waals surface area contributed by atoms with Crippen LogP contribution in [0.15, 0.2) is 78.9 Å². The summed E-state index contributed by atoms with van der Waals surface area (Å²) in [6.07, 6.45) is 6.55. The van der Waals surface area contributed by atoms with Crippen LogP contribution in [0.4, 0.5) is 0 Å². The van der Waals surface area contributed by atoms with E-state index in [0.717, 1.165) is 22.5 Å². The molecule has 0 spiro atoms. The molecule has 1 aromatic heterocycles. The summed E-state index contributed by atoms with van der Waals surface area (Å²) in [5.41, 5.74) is 5.90. The van der Waals surface area contributed by atoms with E-state index in [0.29, 0.717) is 11.5 Å². The molecule has 3 aromatic carbocycles. The maximum atomic E-state index is 11.6. The van der Waals surface area contributed by atoms with Gasteiger partial charge in [-0.3, -0.25) is 0 Å². The number of hydrogen-bond donors (Lipinski definition) is 1. The molecule has 0 aliphatic heterocycles. The third kappa shape index (κ3) is 3.41. The summed E-state index contributed by atoms with van der Waals surface area (Å²) in [6, 6.07) is 26.6. The lowest BCUT2D eigenvalue weighted by molar-refractivity contribution is 0.0697. The number of carboxylic acids is 1. The van der Waals surface area contributed by atoms with Crippen molar-refractivity contribution < 1.29 is 9.90 Å². The van der Waals surface area contributed by atoms with E-state index in [1.807, 2.05) is 30.3 Å². The largest absolute Gasteiger partial charge is 0.478 e. The van der Waals surface area contributed by atoms with Gasteiger partial charge < -0.3 is 9.67 Å². The second-order valence-corrected chi connectivity index (χ2v) is 8.24. The Bertz CT molecular complexity index is 1200. The van der Waals surface area contributed by atoms with E-state index < -0.39 is 5.97 Å². The van der Waals surface area contributed by atoms with Gasteiger partial charge in [0.25, 0.3) is 0 Å². The first-order valence-corrected chi connectivity index (χ1v) is 10.8. The highest BCUT2D eigenvalue weighted by atomic mass is 16.4. The Kier molecular flexibility index (Phi) is 4.88. The van der Waals surface area contributed by atoms with Gasteiger partial charge in [0.05, 0.1) is 16.8 Å². The lowest BCUT2D eigenvalue weighted by atomic mass is 9.84. The Balaban J connectivity index is 1.70. The molecule has 1 aliphatic rings. The van der Waals surface area contributed by atoms with E-state index in [-0.39, 0.29) is 0 Å². The standard InChI is InChI=1S/C27H25NO2/c29-27(30)22-12-7-13-24(17-22)28-25-15-14-21(19-8-3-1-4-9-19)16-23(25)18-26(28)20-10-5-2-6-11-20/h2,5-7,10-19H,1,3-4,8-9H2,(H,29,30). The van der Waals surface area contributed by atoms with Gasteiger partial charge in [-0.15, -0.1) is 0 Å². The van der Waals surface area contributed by atoms with Gasteiger partial charge in [-0.2, -0.15) is 0 Å². The van der Waals surface area contributed by atoms with E-state index in [1.165, 1.54) is 43.1 Å². The van der Waals surface area contributed by atoms with Gasteiger partial charge in [0.2, 0.25) is 0 Å². The fourth-order valence-electron chi connectivity index (χ4n) is 4.80. The molecule has 3 heteroatoms. The molecule has 0 radical (unpaired) electrons. The number of rotatable bonds is 4. The van der Waals surface area contributed by atoms with Gasteiger partial charge in [0.15, 0.2) is 0 Å². The molecular formula is C27H25NO2. The summed E-state index contributed by atoms with van der Waals surface area (Å²) < 4.78 is 2.18. The molecule has 0 saturated heterocycles. The summed E-state index contributed by atoms with van der Waals surface area (Å²) in [5.74, 6) is -0.254. The molecular weight excluding hydrogens is 370 g/mol. The van der Waals surface area contributed by atoms with Crippen molar-refractivity contribution in [1.29, 1.82) is 0 Å². The average Bonchev–Trinajstić information content (AvgIpc) is 3.19. The number of aromatic carboxylic acids is 1. The Morgan fingerprint density at radius 1 is 0.833 bits per heavy atom. The van der Waals surface area contributed by atoms with Gasteiger partial charge in [0.1, 0.15) is 0 Å². The molecule has 5 rings (SSSR count). The van der Waals surface area contributed by atoms with Crippen molar-refractivity contribution in [2.24, 2.45) is 0 Å². The smallest absolute Gasteiger partial charge is 0.335 e. The fraction of sp³-hybridized carbons (Fsp3) is 0.222. The van der Waals surface area contributed by atoms with Crippen LogP contribution in [-0.2, 0) is 0 Å². The highest BCUT2D eigenvalue weighted by molar-refractivity contribution is 5.91. The molecule has 1 heterocycles. The first-order chi connectivity index (χ1) is 14.7. The van der Waals surface area contributed by atoms with Crippen LogP contribution in [-0.4, -0.2) is 15.6 Å². The van der Waals surface area contributed by atoms with E-state index >= 15 is 0 Å². The van der Waals surface area contributed by atoms with Gasteiger partial charge >= 0.3 is 5.97 Å². The fourth-order valence-corrected chi connectivity index (χ4v) is 4.80. The van der Waals surface area contributed by atoms with E-state index in [4.69, 9.17) is 0 Å². The maximum Gasteiger partial charge on any atom is 0.335 e. The zero-order chi connectivity index (χ0) is 20.5. The third-order valence-corrected chi connectivity index (χ3v) is 6.32. The van der Waals surface area contributed by atoms with Crippen molar-refractivity contribution in [3.05, 3.63) is 90.0 Å². The Morgan fingerprint density at radius 3 is 2.40 bits per heavy atom. The predicted molar refractivity (Wildman–Crippen MR) is 121 cm³/mol. The topological polar surface area (TPSA) is 42.2 Å². The molecule has 4 aromatic rings. The predicted octanol–water partition coefficient (Wildman–Crippen LogP) is 7.04. The van der Waals surface area contributed by atoms with Gasteiger partial charge in [0, 0.05) is 11.1 Å². The van der Waals surface area contributed by atoms with Crippen molar-refractivity contribution >= 4 is 16.9 Å².